The fourth-order valence-electron chi connectivity index (χ4n) is 3.09. The van der Waals surface area contributed by atoms with Gasteiger partial charge in [0.25, 0.3) is 5.91 Å². The molecule has 0 aromatic heterocycles. The van der Waals surface area contributed by atoms with E-state index in [0.29, 0.717) is 17.4 Å². The highest BCUT2D eigenvalue weighted by atomic mass is 16.2. The van der Waals surface area contributed by atoms with Gasteiger partial charge in [0.15, 0.2) is 0 Å². The molecular weight excluding hydrogens is 212 g/mol. The topological polar surface area (TPSA) is 23.6 Å². The summed E-state index contributed by atoms with van der Waals surface area (Å²) < 4.78 is 0. The monoisotopic (exact) mass is 229 g/mol. The zero-order valence-corrected chi connectivity index (χ0v) is 10.1. The van der Waals surface area contributed by atoms with Crippen LogP contribution in [0.2, 0.25) is 0 Å². The highest BCUT2D eigenvalue weighted by Crippen LogP contribution is 2.30. The van der Waals surface area contributed by atoms with Crippen LogP contribution >= 0.6 is 0 Å². The van der Waals surface area contributed by atoms with Gasteiger partial charge in [0.05, 0.1) is 0 Å². The summed E-state index contributed by atoms with van der Waals surface area (Å²) in [7, 11) is 2.16. The van der Waals surface area contributed by atoms with E-state index in [0.717, 1.165) is 26.2 Å². The maximum atomic E-state index is 12.2. The lowest BCUT2D eigenvalue weighted by Crippen LogP contribution is -2.32. The van der Waals surface area contributed by atoms with Gasteiger partial charge in [0.1, 0.15) is 0 Å². The van der Waals surface area contributed by atoms with Crippen LogP contribution in [0, 0.1) is 17.9 Å². The van der Waals surface area contributed by atoms with Crippen molar-refractivity contribution < 1.29 is 4.79 Å². The molecule has 2 saturated heterocycles. The molecule has 0 saturated carbocycles. The highest BCUT2D eigenvalue weighted by Gasteiger charge is 2.40. The van der Waals surface area contributed by atoms with E-state index in [1.54, 1.807) is 6.07 Å². The Balaban J connectivity index is 1.70. The molecule has 3 heteroatoms. The summed E-state index contributed by atoms with van der Waals surface area (Å²) in [6.07, 6.45) is 0. The Morgan fingerprint density at radius 2 is 1.94 bits per heavy atom. The lowest BCUT2D eigenvalue weighted by molar-refractivity contribution is 0.0775. The molecule has 2 unspecified atom stereocenters. The number of amides is 1. The van der Waals surface area contributed by atoms with Crippen LogP contribution in [0.15, 0.2) is 24.3 Å². The third-order valence-electron chi connectivity index (χ3n) is 3.90. The summed E-state index contributed by atoms with van der Waals surface area (Å²) >= 11 is 0. The summed E-state index contributed by atoms with van der Waals surface area (Å²) in [6, 6.07) is 10.5. The number of carbonyl (C=O) groups is 1. The first-order chi connectivity index (χ1) is 8.24. The molecule has 2 fully saturated rings. The van der Waals surface area contributed by atoms with Crippen molar-refractivity contribution in [3.05, 3.63) is 35.9 Å². The molecule has 2 atom stereocenters. The number of hydrogen-bond donors (Lipinski definition) is 0. The van der Waals surface area contributed by atoms with E-state index in [1.807, 2.05) is 23.1 Å². The average molecular weight is 229 g/mol. The molecule has 1 radical (unpaired) electrons. The van der Waals surface area contributed by atoms with E-state index < -0.39 is 0 Å². The van der Waals surface area contributed by atoms with Gasteiger partial charge in [-0.05, 0) is 31.0 Å². The Labute approximate surface area is 102 Å². The standard InChI is InChI=1S/C14H17N2O/c1-15-7-12-9-16(10-13(12)8-15)14(17)11-5-3-2-4-6-11/h2-5,12-13H,7-10H2,1H3. The van der Waals surface area contributed by atoms with E-state index in [1.165, 1.54) is 0 Å². The smallest absolute Gasteiger partial charge is 0.254 e. The number of rotatable bonds is 1. The fraction of sp³-hybridized carbons (Fsp3) is 0.500. The molecule has 3 nitrogen and oxygen atoms in total. The molecule has 0 N–H and O–H groups in total. The second-order valence-corrected chi connectivity index (χ2v) is 5.23. The van der Waals surface area contributed by atoms with Crippen molar-refractivity contribution in [3.8, 4) is 0 Å². The first kappa shape index (κ1) is 10.8. The molecule has 2 heterocycles. The minimum Gasteiger partial charge on any atom is -0.338 e. The summed E-state index contributed by atoms with van der Waals surface area (Å²) in [5.74, 6) is 1.49. The third kappa shape index (κ3) is 1.95. The van der Waals surface area contributed by atoms with Crippen LogP contribution in [0.25, 0.3) is 0 Å². The van der Waals surface area contributed by atoms with Crippen molar-refractivity contribution in [1.82, 2.24) is 9.80 Å². The predicted molar refractivity (Wildman–Crippen MR) is 65.7 cm³/mol. The maximum absolute atomic E-state index is 12.2. The van der Waals surface area contributed by atoms with Crippen LogP contribution in [0.3, 0.4) is 0 Å². The number of carbonyl (C=O) groups excluding carboxylic acids is 1. The molecule has 17 heavy (non-hydrogen) atoms. The lowest BCUT2D eigenvalue weighted by Gasteiger charge is -2.19. The Hall–Kier alpha value is -1.35. The molecule has 1 amide bonds. The van der Waals surface area contributed by atoms with E-state index in [4.69, 9.17) is 0 Å². The van der Waals surface area contributed by atoms with Crippen LogP contribution in [0.4, 0.5) is 0 Å². The molecule has 2 aliphatic heterocycles. The number of nitrogens with zero attached hydrogens (tertiary/aromatic N) is 2. The zero-order chi connectivity index (χ0) is 11.8. The van der Waals surface area contributed by atoms with Gasteiger partial charge in [-0.2, -0.15) is 0 Å². The SMILES string of the molecule is CN1CC2CN(C(=O)c3[c]cccc3)CC2C1. The average Bonchev–Trinajstić information content (AvgIpc) is 2.86. The van der Waals surface area contributed by atoms with Crippen LogP contribution in [0.1, 0.15) is 10.4 Å². The second-order valence-electron chi connectivity index (χ2n) is 5.23. The molecule has 3 rings (SSSR count). The summed E-state index contributed by atoms with van der Waals surface area (Å²) in [4.78, 5) is 16.6. The van der Waals surface area contributed by atoms with Gasteiger partial charge in [0, 0.05) is 31.7 Å². The number of fused-ring (bicyclic) bond motifs is 1. The Bertz CT molecular complexity index is 403. The summed E-state index contributed by atoms with van der Waals surface area (Å²) in [5, 5.41) is 0. The minimum atomic E-state index is 0.141. The Morgan fingerprint density at radius 3 is 2.53 bits per heavy atom. The zero-order valence-electron chi connectivity index (χ0n) is 10.1. The predicted octanol–water partition coefficient (Wildman–Crippen LogP) is 1.12. The van der Waals surface area contributed by atoms with Gasteiger partial charge in [0.2, 0.25) is 0 Å². The van der Waals surface area contributed by atoms with E-state index in [-0.39, 0.29) is 5.91 Å². The van der Waals surface area contributed by atoms with Crippen LogP contribution in [-0.2, 0) is 0 Å². The van der Waals surface area contributed by atoms with Crippen LogP contribution in [-0.4, -0.2) is 48.9 Å². The first-order valence-electron chi connectivity index (χ1n) is 6.18. The molecule has 0 bridgehead atoms. The van der Waals surface area contributed by atoms with Gasteiger partial charge in [-0.25, -0.2) is 0 Å². The molecule has 1 aromatic rings. The third-order valence-corrected chi connectivity index (χ3v) is 3.90. The molecule has 0 spiro atoms. The van der Waals surface area contributed by atoms with Crippen molar-refractivity contribution in [2.24, 2.45) is 11.8 Å². The van der Waals surface area contributed by atoms with Crippen molar-refractivity contribution in [3.63, 3.8) is 0 Å². The summed E-state index contributed by atoms with van der Waals surface area (Å²) in [5.41, 5.74) is 0.695. The molecule has 0 aliphatic carbocycles. The van der Waals surface area contributed by atoms with E-state index >= 15 is 0 Å². The summed E-state index contributed by atoms with van der Waals surface area (Å²) in [6.45, 7) is 4.09. The second kappa shape index (κ2) is 4.15. The number of likely N-dealkylation sites (tertiary alicyclic amines) is 2. The Morgan fingerprint density at radius 1 is 1.24 bits per heavy atom. The number of benzene rings is 1. The normalized spacial score (nSPS) is 28.4. The fourth-order valence-corrected chi connectivity index (χ4v) is 3.09. The largest absolute Gasteiger partial charge is 0.338 e. The molecule has 89 valence electrons. The van der Waals surface area contributed by atoms with Crippen LogP contribution in [0.5, 0.6) is 0 Å². The van der Waals surface area contributed by atoms with Crippen molar-refractivity contribution in [2.75, 3.05) is 33.2 Å². The van der Waals surface area contributed by atoms with Crippen molar-refractivity contribution >= 4 is 5.91 Å². The van der Waals surface area contributed by atoms with E-state index in [9.17, 15) is 4.79 Å². The van der Waals surface area contributed by atoms with Gasteiger partial charge < -0.3 is 9.80 Å². The number of hydrogen-bond acceptors (Lipinski definition) is 2. The van der Waals surface area contributed by atoms with Crippen LogP contribution < -0.4 is 0 Å². The molecule has 1 aromatic carbocycles. The van der Waals surface area contributed by atoms with Gasteiger partial charge in [-0.3, -0.25) is 4.79 Å². The van der Waals surface area contributed by atoms with Crippen molar-refractivity contribution in [2.45, 2.75) is 0 Å². The molecular formula is C14H17N2O. The van der Waals surface area contributed by atoms with Gasteiger partial charge >= 0.3 is 0 Å². The maximum Gasteiger partial charge on any atom is 0.254 e. The quantitative estimate of drug-likeness (QED) is 0.720. The first-order valence-corrected chi connectivity index (χ1v) is 6.18. The minimum absolute atomic E-state index is 0.141. The lowest BCUT2D eigenvalue weighted by atomic mass is 10.0. The van der Waals surface area contributed by atoms with Gasteiger partial charge in [-0.1, -0.05) is 18.2 Å². The van der Waals surface area contributed by atoms with Gasteiger partial charge in [-0.15, -0.1) is 0 Å². The highest BCUT2D eigenvalue weighted by molar-refractivity contribution is 5.94. The van der Waals surface area contributed by atoms with Crippen molar-refractivity contribution in [1.29, 1.82) is 0 Å². The Kier molecular flexibility index (Phi) is 2.63. The van der Waals surface area contributed by atoms with E-state index in [2.05, 4.69) is 18.0 Å². The molecule has 2 aliphatic rings.